The van der Waals surface area contributed by atoms with E-state index >= 15 is 0 Å². The molecule has 0 radical (unpaired) electrons. The standard InChI is InChI=1S/C25H33N7O2/c1-6-30(7-2)21-14-10-19(11-15-21)27-24-23(32(33)34)18(5)26-25(29-24)28-20-12-16-22(17-13-20)31(8-3)9-4/h10-17H,6-9H2,1-5H3,(H2,26,27,28,29). The maximum atomic E-state index is 11.7. The molecule has 0 saturated heterocycles. The summed E-state index contributed by atoms with van der Waals surface area (Å²) >= 11 is 0. The van der Waals surface area contributed by atoms with Crippen LogP contribution in [0.2, 0.25) is 0 Å². The summed E-state index contributed by atoms with van der Waals surface area (Å²) in [5, 5.41) is 18.0. The molecule has 34 heavy (non-hydrogen) atoms. The molecule has 0 aliphatic rings. The number of aromatic nitrogens is 2. The second kappa shape index (κ2) is 11.3. The van der Waals surface area contributed by atoms with E-state index in [1.807, 2.05) is 48.5 Å². The maximum absolute atomic E-state index is 11.7. The van der Waals surface area contributed by atoms with Crippen molar-refractivity contribution in [1.29, 1.82) is 0 Å². The zero-order chi connectivity index (χ0) is 24.7. The highest BCUT2D eigenvalue weighted by atomic mass is 16.6. The van der Waals surface area contributed by atoms with Crippen LogP contribution in [-0.2, 0) is 0 Å². The van der Waals surface area contributed by atoms with Crippen LogP contribution in [0.4, 0.5) is 40.2 Å². The fourth-order valence-electron chi connectivity index (χ4n) is 3.88. The zero-order valence-corrected chi connectivity index (χ0v) is 20.5. The van der Waals surface area contributed by atoms with E-state index in [0.29, 0.717) is 11.6 Å². The highest BCUT2D eigenvalue weighted by Crippen LogP contribution is 2.31. The van der Waals surface area contributed by atoms with Gasteiger partial charge in [-0.3, -0.25) is 10.1 Å². The minimum atomic E-state index is -0.454. The molecule has 2 aromatic carbocycles. The summed E-state index contributed by atoms with van der Waals surface area (Å²) < 4.78 is 0. The van der Waals surface area contributed by atoms with Crippen molar-refractivity contribution in [3.05, 3.63) is 64.3 Å². The molecular formula is C25H33N7O2. The average Bonchev–Trinajstić information content (AvgIpc) is 2.82. The number of anilines is 6. The number of aryl methyl sites for hydroxylation is 1. The van der Waals surface area contributed by atoms with Crippen molar-refractivity contribution in [2.75, 3.05) is 46.6 Å². The van der Waals surface area contributed by atoms with Gasteiger partial charge in [-0.25, -0.2) is 4.98 Å². The predicted octanol–water partition coefficient (Wildman–Crippen LogP) is 5.87. The lowest BCUT2D eigenvalue weighted by Crippen LogP contribution is -2.21. The van der Waals surface area contributed by atoms with E-state index in [1.165, 1.54) is 0 Å². The van der Waals surface area contributed by atoms with Crippen LogP contribution in [0.25, 0.3) is 0 Å². The summed E-state index contributed by atoms with van der Waals surface area (Å²) in [6.07, 6.45) is 0. The Morgan fingerprint density at radius 3 is 1.62 bits per heavy atom. The molecule has 0 aliphatic heterocycles. The van der Waals surface area contributed by atoms with E-state index < -0.39 is 4.92 Å². The second-order valence-electron chi connectivity index (χ2n) is 7.78. The molecule has 3 aromatic rings. The molecule has 9 nitrogen and oxygen atoms in total. The first-order valence-corrected chi connectivity index (χ1v) is 11.7. The number of nitrogens with one attached hydrogen (secondary N) is 2. The summed E-state index contributed by atoms with van der Waals surface area (Å²) in [4.78, 5) is 24.5. The van der Waals surface area contributed by atoms with E-state index in [-0.39, 0.29) is 17.2 Å². The Labute approximate surface area is 201 Å². The summed E-state index contributed by atoms with van der Waals surface area (Å²) in [5.74, 6) is 0.441. The number of hydrogen-bond acceptors (Lipinski definition) is 8. The zero-order valence-electron chi connectivity index (χ0n) is 20.5. The lowest BCUT2D eigenvalue weighted by Gasteiger charge is -2.21. The molecule has 0 bridgehead atoms. The lowest BCUT2D eigenvalue weighted by atomic mass is 10.2. The molecule has 0 amide bonds. The van der Waals surface area contributed by atoms with Crippen molar-refractivity contribution in [3.8, 4) is 0 Å². The van der Waals surface area contributed by atoms with Gasteiger partial charge in [0.15, 0.2) is 0 Å². The minimum absolute atomic E-state index is 0.143. The van der Waals surface area contributed by atoms with Crippen LogP contribution in [-0.4, -0.2) is 41.1 Å². The molecule has 0 unspecified atom stereocenters. The third-order valence-electron chi connectivity index (χ3n) is 5.75. The molecular weight excluding hydrogens is 430 g/mol. The van der Waals surface area contributed by atoms with Crippen molar-refractivity contribution in [3.63, 3.8) is 0 Å². The smallest absolute Gasteiger partial charge is 0.332 e. The van der Waals surface area contributed by atoms with Gasteiger partial charge in [-0.05, 0) is 83.1 Å². The molecule has 2 N–H and O–H groups in total. The van der Waals surface area contributed by atoms with Crippen molar-refractivity contribution in [2.45, 2.75) is 34.6 Å². The summed E-state index contributed by atoms with van der Waals surface area (Å²) in [7, 11) is 0. The number of hydrogen-bond donors (Lipinski definition) is 2. The Balaban J connectivity index is 1.86. The van der Waals surface area contributed by atoms with Gasteiger partial charge in [0.05, 0.1) is 4.92 Å². The summed E-state index contributed by atoms with van der Waals surface area (Å²) in [6, 6.07) is 15.7. The SMILES string of the molecule is CCN(CC)c1ccc(Nc2nc(C)c([N+](=O)[O-])c(Nc3ccc(N(CC)CC)cc3)n2)cc1. The third-order valence-corrected chi connectivity index (χ3v) is 5.75. The fourth-order valence-corrected chi connectivity index (χ4v) is 3.88. The second-order valence-corrected chi connectivity index (χ2v) is 7.78. The first-order chi connectivity index (χ1) is 16.4. The Morgan fingerprint density at radius 2 is 1.21 bits per heavy atom. The maximum Gasteiger partial charge on any atom is 0.332 e. The molecule has 3 rings (SSSR count). The third kappa shape index (κ3) is 5.72. The van der Waals surface area contributed by atoms with Crippen LogP contribution in [0.3, 0.4) is 0 Å². The normalized spacial score (nSPS) is 10.6. The average molecular weight is 464 g/mol. The monoisotopic (exact) mass is 463 g/mol. The molecule has 180 valence electrons. The molecule has 1 aromatic heterocycles. The van der Waals surface area contributed by atoms with Crippen LogP contribution in [0, 0.1) is 17.0 Å². The van der Waals surface area contributed by atoms with Gasteiger partial charge in [-0.15, -0.1) is 0 Å². The highest BCUT2D eigenvalue weighted by Gasteiger charge is 2.22. The Bertz CT molecular complexity index is 1090. The van der Waals surface area contributed by atoms with E-state index in [0.717, 1.165) is 43.2 Å². The number of nitro groups is 1. The van der Waals surface area contributed by atoms with Crippen LogP contribution in [0.1, 0.15) is 33.4 Å². The van der Waals surface area contributed by atoms with Crippen LogP contribution in [0.5, 0.6) is 0 Å². The van der Waals surface area contributed by atoms with Crippen molar-refractivity contribution in [1.82, 2.24) is 9.97 Å². The highest BCUT2D eigenvalue weighted by molar-refractivity contribution is 5.70. The Morgan fingerprint density at radius 1 is 0.765 bits per heavy atom. The Kier molecular flexibility index (Phi) is 8.24. The number of benzene rings is 2. The Hall–Kier alpha value is -3.88. The molecule has 0 saturated carbocycles. The van der Waals surface area contributed by atoms with Crippen molar-refractivity contribution in [2.24, 2.45) is 0 Å². The predicted molar refractivity (Wildman–Crippen MR) is 140 cm³/mol. The van der Waals surface area contributed by atoms with Crippen molar-refractivity contribution < 1.29 is 4.92 Å². The van der Waals surface area contributed by atoms with Crippen LogP contribution < -0.4 is 20.4 Å². The molecule has 0 atom stereocenters. The van der Waals surface area contributed by atoms with Gasteiger partial charge in [-0.2, -0.15) is 4.98 Å². The van der Waals surface area contributed by atoms with E-state index in [1.54, 1.807) is 6.92 Å². The molecule has 0 spiro atoms. The van der Waals surface area contributed by atoms with E-state index in [2.05, 4.69) is 58.1 Å². The largest absolute Gasteiger partial charge is 0.372 e. The first-order valence-electron chi connectivity index (χ1n) is 11.7. The van der Waals surface area contributed by atoms with Crippen LogP contribution >= 0.6 is 0 Å². The van der Waals surface area contributed by atoms with Crippen molar-refractivity contribution >= 4 is 40.2 Å². The van der Waals surface area contributed by atoms with Gasteiger partial charge in [0.2, 0.25) is 11.8 Å². The van der Waals surface area contributed by atoms with E-state index in [4.69, 9.17) is 0 Å². The van der Waals surface area contributed by atoms with Gasteiger partial charge in [0.25, 0.3) is 0 Å². The topological polar surface area (TPSA) is 99.5 Å². The minimum Gasteiger partial charge on any atom is -0.372 e. The number of nitrogens with zero attached hydrogens (tertiary/aromatic N) is 5. The van der Waals surface area contributed by atoms with Gasteiger partial charge >= 0.3 is 5.69 Å². The fraction of sp³-hybridized carbons (Fsp3) is 0.360. The lowest BCUT2D eigenvalue weighted by molar-refractivity contribution is -0.385. The molecule has 9 heteroatoms. The van der Waals surface area contributed by atoms with E-state index in [9.17, 15) is 10.1 Å². The summed E-state index contributed by atoms with van der Waals surface area (Å²) in [6.45, 7) is 13.7. The molecule has 1 heterocycles. The quantitative estimate of drug-likeness (QED) is 0.269. The van der Waals surface area contributed by atoms with Gasteiger partial charge in [0.1, 0.15) is 5.69 Å². The number of rotatable bonds is 11. The molecule has 0 fully saturated rings. The van der Waals surface area contributed by atoms with Gasteiger partial charge in [-0.1, -0.05) is 0 Å². The van der Waals surface area contributed by atoms with Crippen LogP contribution in [0.15, 0.2) is 48.5 Å². The first kappa shape index (κ1) is 24.8. The van der Waals surface area contributed by atoms with Gasteiger partial charge in [0, 0.05) is 48.9 Å². The molecule has 0 aliphatic carbocycles. The van der Waals surface area contributed by atoms with Gasteiger partial charge < -0.3 is 20.4 Å². The summed E-state index contributed by atoms with van der Waals surface area (Å²) in [5.41, 5.74) is 3.89.